The third kappa shape index (κ3) is 3.23. The highest BCUT2D eigenvalue weighted by atomic mass is 16.5. The molecular weight excluding hydrogens is 258 g/mol. The summed E-state index contributed by atoms with van der Waals surface area (Å²) in [6, 6.07) is 7.31. The molecule has 1 amide bonds. The maximum atomic E-state index is 12.0. The number of esters is 1. The van der Waals surface area contributed by atoms with Gasteiger partial charge in [0.25, 0.3) is 0 Å². The Kier molecular flexibility index (Phi) is 4.17. The van der Waals surface area contributed by atoms with Crippen molar-refractivity contribution >= 4 is 23.3 Å². The maximum Gasteiger partial charge on any atom is 0.302 e. The monoisotopic (exact) mass is 275 g/mol. The minimum atomic E-state index is -0.586. The Balaban J connectivity index is 2.37. The second-order valence-electron chi connectivity index (χ2n) is 4.91. The van der Waals surface area contributed by atoms with Gasteiger partial charge in [0.05, 0.1) is 6.54 Å². The number of ketones is 1. The fourth-order valence-corrected chi connectivity index (χ4v) is 2.44. The van der Waals surface area contributed by atoms with E-state index in [9.17, 15) is 14.4 Å². The van der Waals surface area contributed by atoms with Crippen molar-refractivity contribution in [1.29, 1.82) is 0 Å². The quantitative estimate of drug-likeness (QED) is 0.728. The number of ether oxygens (including phenoxy) is 1. The standard InChI is InChI=1S/C15H17NO4/c1-10(17)16-9-14(20-11(2)18)8-13(19)7-12-5-3-4-6-15(12)16/h3-6,14H,7-9H2,1-2H3. The van der Waals surface area contributed by atoms with Gasteiger partial charge in [-0.3, -0.25) is 14.4 Å². The van der Waals surface area contributed by atoms with Gasteiger partial charge in [-0.05, 0) is 11.6 Å². The molecule has 1 aliphatic heterocycles. The average molecular weight is 275 g/mol. The van der Waals surface area contributed by atoms with E-state index in [-0.39, 0.29) is 31.1 Å². The number of amides is 1. The van der Waals surface area contributed by atoms with E-state index in [1.54, 1.807) is 11.0 Å². The van der Waals surface area contributed by atoms with E-state index in [1.807, 2.05) is 18.2 Å². The maximum absolute atomic E-state index is 12.0. The van der Waals surface area contributed by atoms with Crippen LogP contribution in [0.1, 0.15) is 25.8 Å². The van der Waals surface area contributed by atoms with Gasteiger partial charge in [-0.1, -0.05) is 18.2 Å². The van der Waals surface area contributed by atoms with Crippen LogP contribution in [0.5, 0.6) is 0 Å². The summed E-state index contributed by atoms with van der Waals surface area (Å²) in [5.41, 5.74) is 1.54. The molecule has 0 saturated heterocycles. The first kappa shape index (κ1) is 14.2. The van der Waals surface area contributed by atoms with Crippen molar-refractivity contribution in [2.24, 2.45) is 0 Å². The fourth-order valence-electron chi connectivity index (χ4n) is 2.44. The number of hydrogen-bond acceptors (Lipinski definition) is 4. The lowest BCUT2D eigenvalue weighted by atomic mass is 9.99. The van der Waals surface area contributed by atoms with E-state index >= 15 is 0 Å². The van der Waals surface area contributed by atoms with Crippen molar-refractivity contribution in [2.45, 2.75) is 32.8 Å². The van der Waals surface area contributed by atoms with Crippen LogP contribution in [0.4, 0.5) is 5.69 Å². The van der Waals surface area contributed by atoms with E-state index in [0.717, 1.165) is 5.56 Å². The second-order valence-corrected chi connectivity index (χ2v) is 4.91. The molecule has 0 aromatic heterocycles. The topological polar surface area (TPSA) is 63.7 Å². The van der Waals surface area contributed by atoms with Gasteiger partial charge in [0.2, 0.25) is 5.91 Å². The van der Waals surface area contributed by atoms with E-state index in [1.165, 1.54) is 13.8 Å². The lowest BCUT2D eigenvalue weighted by Crippen LogP contribution is -2.41. The molecule has 1 aromatic rings. The molecule has 1 unspecified atom stereocenters. The van der Waals surface area contributed by atoms with Crippen molar-refractivity contribution in [3.63, 3.8) is 0 Å². The Morgan fingerprint density at radius 2 is 1.95 bits per heavy atom. The Hall–Kier alpha value is -2.17. The highest BCUT2D eigenvalue weighted by Gasteiger charge is 2.27. The molecule has 0 spiro atoms. The molecular formula is C15H17NO4. The third-order valence-corrected chi connectivity index (χ3v) is 3.22. The number of anilines is 1. The van der Waals surface area contributed by atoms with Gasteiger partial charge in [0.15, 0.2) is 0 Å². The number of hydrogen-bond donors (Lipinski definition) is 0. The summed E-state index contributed by atoms with van der Waals surface area (Å²) in [5.74, 6) is -0.573. The highest BCUT2D eigenvalue weighted by Crippen LogP contribution is 2.25. The molecule has 1 aliphatic rings. The zero-order chi connectivity index (χ0) is 14.7. The molecule has 2 rings (SSSR count). The van der Waals surface area contributed by atoms with Crippen LogP contribution in [0.3, 0.4) is 0 Å². The molecule has 1 aromatic carbocycles. The van der Waals surface area contributed by atoms with E-state index in [4.69, 9.17) is 4.74 Å². The number of nitrogens with zero attached hydrogens (tertiary/aromatic N) is 1. The van der Waals surface area contributed by atoms with Crippen molar-refractivity contribution in [3.8, 4) is 0 Å². The Morgan fingerprint density at radius 1 is 1.25 bits per heavy atom. The molecule has 0 fully saturated rings. The fraction of sp³-hybridized carbons (Fsp3) is 0.400. The van der Waals surface area contributed by atoms with Crippen LogP contribution in [0.2, 0.25) is 0 Å². The summed E-state index contributed by atoms with van der Waals surface area (Å²) in [5, 5.41) is 0. The van der Waals surface area contributed by atoms with Crippen molar-refractivity contribution in [3.05, 3.63) is 29.8 Å². The summed E-state index contributed by atoms with van der Waals surface area (Å²) in [6.07, 6.45) is -0.202. The van der Waals surface area contributed by atoms with Gasteiger partial charge >= 0.3 is 5.97 Å². The SMILES string of the molecule is CC(=O)OC1CC(=O)Cc2ccccc2N(C(C)=O)C1. The summed E-state index contributed by atoms with van der Waals surface area (Å²) in [7, 11) is 0. The summed E-state index contributed by atoms with van der Waals surface area (Å²) in [4.78, 5) is 36.5. The first-order valence-corrected chi connectivity index (χ1v) is 6.52. The molecule has 5 heteroatoms. The predicted molar refractivity (Wildman–Crippen MR) is 73.4 cm³/mol. The number of para-hydroxylation sites is 1. The number of benzene rings is 1. The van der Waals surface area contributed by atoms with Crippen molar-refractivity contribution in [2.75, 3.05) is 11.4 Å². The van der Waals surface area contributed by atoms with Crippen molar-refractivity contribution < 1.29 is 19.1 Å². The Labute approximate surface area is 117 Å². The smallest absolute Gasteiger partial charge is 0.302 e. The molecule has 0 N–H and O–H groups in total. The molecule has 0 aliphatic carbocycles. The number of fused-ring (bicyclic) bond motifs is 1. The molecule has 20 heavy (non-hydrogen) atoms. The summed E-state index contributed by atoms with van der Waals surface area (Å²) >= 11 is 0. The van der Waals surface area contributed by atoms with Gasteiger partial charge in [-0.2, -0.15) is 0 Å². The van der Waals surface area contributed by atoms with E-state index < -0.39 is 12.1 Å². The molecule has 0 saturated carbocycles. The lowest BCUT2D eigenvalue weighted by Gasteiger charge is -2.30. The first-order chi connectivity index (χ1) is 9.47. The van der Waals surface area contributed by atoms with Gasteiger partial charge in [-0.15, -0.1) is 0 Å². The molecule has 0 radical (unpaired) electrons. The first-order valence-electron chi connectivity index (χ1n) is 6.52. The van der Waals surface area contributed by atoms with E-state index in [0.29, 0.717) is 5.69 Å². The van der Waals surface area contributed by atoms with Crippen LogP contribution in [-0.4, -0.2) is 30.3 Å². The van der Waals surface area contributed by atoms with Gasteiger partial charge in [0.1, 0.15) is 11.9 Å². The largest absolute Gasteiger partial charge is 0.460 e. The predicted octanol–water partition coefficient (Wildman–Crippen LogP) is 1.49. The van der Waals surface area contributed by atoms with Crippen LogP contribution < -0.4 is 4.90 Å². The molecule has 106 valence electrons. The number of carbonyl (C=O) groups excluding carboxylic acids is 3. The molecule has 5 nitrogen and oxygen atoms in total. The minimum absolute atomic E-state index is 0.00639. The van der Waals surface area contributed by atoms with Crippen LogP contribution >= 0.6 is 0 Å². The number of rotatable bonds is 1. The van der Waals surface area contributed by atoms with Crippen LogP contribution in [0.25, 0.3) is 0 Å². The number of carbonyl (C=O) groups is 3. The van der Waals surface area contributed by atoms with Crippen molar-refractivity contribution in [1.82, 2.24) is 0 Å². The summed E-state index contributed by atoms with van der Waals surface area (Å²) < 4.78 is 5.14. The summed E-state index contributed by atoms with van der Waals surface area (Å²) in [6.45, 7) is 2.97. The zero-order valence-electron chi connectivity index (χ0n) is 11.6. The highest BCUT2D eigenvalue weighted by molar-refractivity contribution is 5.94. The Morgan fingerprint density at radius 3 is 2.60 bits per heavy atom. The zero-order valence-corrected chi connectivity index (χ0v) is 11.6. The van der Waals surface area contributed by atoms with E-state index in [2.05, 4.69) is 0 Å². The lowest BCUT2D eigenvalue weighted by molar-refractivity contribution is -0.147. The van der Waals surface area contributed by atoms with Crippen LogP contribution in [0.15, 0.2) is 24.3 Å². The third-order valence-electron chi connectivity index (χ3n) is 3.22. The van der Waals surface area contributed by atoms with Crippen LogP contribution in [-0.2, 0) is 25.5 Å². The number of Topliss-reactive ketones (excluding diaryl/α,β-unsaturated/α-hetero) is 1. The normalized spacial score (nSPS) is 18.8. The average Bonchev–Trinajstić information content (AvgIpc) is 2.33. The minimum Gasteiger partial charge on any atom is -0.460 e. The van der Waals surface area contributed by atoms with Gasteiger partial charge in [-0.25, -0.2) is 0 Å². The Bertz CT molecular complexity index is 553. The molecule has 1 heterocycles. The van der Waals surface area contributed by atoms with Crippen LogP contribution in [0, 0.1) is 0 Å². The molecule has 0 bridgehead atoms. The second kappa shape index (κ2) is 5.86. The van der Waals surface area contributed by atoms with Gasteiger partial charge < -0.3 is 9.64 Å². The molecule has 1 atom stereocenters. The van der Waals surface area contributed by atoms with Gasteiger partial charge in [0, 0.05) is 32.4 Å².